The zero-order valence-electron chi connectivity index (χ0n) is 9.87. The number of sulfonamides is 1. The van der Waals surface area contributed by atoms with Crippen molar-refractivity contribution in [1.82, 2.24) is 9.71 Å². The van der Waals surface area contributed by atoms with E-state index in [0.717, 1.165) is 0 Å². The molecule has 0 amide bonds. The van der Waals surface area contributed by atoms with Crippen LogP contribution in [-0.4, -0.2) is 31.2 Å². The van der Waals surface area contributed by atoms with Crippen molar-refractivity contribution in [2.45, 2.75) is 17.9 Å². The number of nitrogens with one attached hydrogen (secondary N) is 1. The highest BCUT2D eigenvalue weighted by Gasteiger charge is 2.17. The van der Waals surface area contributed by atoms with Gasteiger partial charge in [0, 0.05) is 18.1 Å². The number of fused-ring (bicyclic) bond motifs is 1. The molecule has 0 bridgehead atoms. The minimum absolute atomic E-state index is 0.0149. The summed E-state index contributed by atoms with van der Waals surface area (Å²) in [4.78, 5) is 4.28. The Morgan fingerprint density at radius 3 is 2.83 bits per heavy atom. The average molecular weight is 266 g/mol. The van der Waals surface area contributed by atoms with E-state index in [-0.39, 0.29) is 11.4 Å². The van der Waals surface area contributed by atoms with Crippen LogP contribution in [0.1, 0.15) is 6.92 Å². The molecular formula is C12H14N2O3S. The summed E-state index contributed by atoms with van der Waals surface area (Å²) in [6, 6.07) is 8.32. The second kappa shape index (κ2) is 5.01. The predicted molar refractivity (Wildman–Crippen MR) is 68.6 cm³/mol. The third-order valence-corrected chi connectivity index (χ3v) is 3.95. The summed E-state index contributed by atoms with van der Waals surface area (Å²) in [5, 5.41) is 9.70. The van der Waals surface area contributed by atoms with E-state index in [9.17, 15) is 8.42 Å². The molecule has 96 valence electrons. The van der Waals surface area contributed by atoms with Gasteiger partial charge in [-0.3, -0.25) is 4.98 Å². The zero-order chi connectivity index (χ0) is 13.2. The maximum atomic E-state index is 12.1. The Labute approximate surface area is 106 Å². The molecular weight excluding hydrogens is 252 g/mol. The van der Waals surface area contributed by atoms with E-state index in [4.69, 9.17) is 5.11 Å². The van der Waals surface area contributed by atoms with E-state index in [1.807, 2.05) is 0 Å². The Kier molecular flexibility index (Phi) is 3.60. The number of nitrogens with zero attached hydrogens (tertiary/aromatic N) is 1. The summed E-state index contributed by atoms with van der Waals surface area (Å²) in [5.74, 6) is 0. The molecule has 0 spiro atoms. The fourth-order valence-corrected chi connectivity index (χ4v) is 2.95. The third kappa shape index (κ3) is 2.66. The van der Waals surface area contributed by atoms with Crippen LogP contribution in [-0.2, 0) is 10.0 Å². The summed E-state index contributed by atoms with van der Waals surface area (Å²) in [7, 11) is -3.63. The van der Waals surface area contributed by atoms with E-state index in [2.05, 4.69) is 9.71 Å². The van der Waals surface area contributed by atoms with Crippen molar-refractivity contribution >= 4 is 20.9 Å². The summed E-state index contributed by atoms with van der Waals surface area (Å²) in [6.45, 7) is 1.51. The molecule has 1 aromatic heterocycles. The van der Waals surface area contributed by atoms with Crippen molar-refractivity contribution in [1.29, 1.82) is 0 Å². The van der Waals surface area contributed by atoms with Crippen molar-refractivity contribution in [2.24, 2.45) is 0 Å². The Morgan fingerprint density at radius 1 is 1.33 bits per heavy atom. The topological polar surface area (TPSA) is 79.3 Å². The molecule has 6 heteroatoms. The van der Waals surface area contributed by atoms with Gasteiger partial charge in [0.1, 0.15) is 0 Å². The van der Waals surface area contributed by atoms with E-state index in [1.165, 1.54) is 13.0 Å². The number of hydrogen-bond acceptors (Lipinski definition) is 4. The van der Waals surface area contributed by atoms with E-state index < -0.39 is 16.1 Å². The van der Waals surface area contributed by atoms with Crippen LogP contribution in [0.25, 0.3) is 10.9 Å². The fraction of sp³-hybridized carbons (Fsp3) is 0.250. The zero-order valence-corrected chi connectivity index (χ0v) is 10.7. The van der Waals surface area contributed by atoms with Gasteiger partial charge in [-0.15, -0.1) is 0 Å². The van der Waals surface area contributed by atoms with Gasteiger partial charge in [-0.25, -0.2) is 13.1 Å². The molecule has 0 unspecified atom stereocenters. The first kappa shape index (κ1) is 12.9. The van der Waals surface area contributed by atoms with Crippen LogP contribution in [0.4, 0.5) is 0 Å². The lowest BCUT2D eigenvalue weighted by molar-refractivity contribution is 0.198. The molecule has 0 aliphatic heterocycles. The first-order valence-corrected chi connectivity index (χ1v) is 7.00. The highest BCUT2D eigenvalue weighted by Crippen LogP contribution is 2.20. The molecule has 0 saturated heterocycles. The summed E-state index contributed by atoms with van der Waals surface area (Å²) in [5.41, 5.74) is 0.623. The number of pyridine rings is 1. The van der Waals surface area contributed by atoms with Crippen molar-refractivity contribution in [2.75, 3.05) is 6.54 Å². The van der Waals surface area contributed by atoms with Gasteiger partial charge in [0.25, 0.3) is 0 Å². The molecule has 1 aromatic carbocycles. The number of hydrogen-bond donors (Lipinski definition) is 2. The van der Waals surface area contributed by atoms with Crippen LogP contribution < -0.4 is 4.72 Å². The van der Waals surface area contributed by atoms with Gasteiger partial charge in [0.15, 0.2) is 0 Å². The lowest BCUT2D eigenvalue weighted by atomic mass is 10.2. The predicted octanol–water partition coefficient (Wildman–Crippen LogP) is 0.894. The molecule has 2 N–H and O–H groups in total. The first-order valence-electron chi connectivity index (χ1n) is 5.52. The lowest BCUT2D eigenvalue weighted by Crippen LogP contribution is -2.30. The smallest absolute Gasteiger partial charge is 0.241 e. The van der Waals surface area contributed by atoms with Gasteiger partial charge in [0.2, 0.25) is 10.0 Å². The van der Waals surface area contributed by atoms with Crippen LogP contribution in [0.15, 0.2) is 41.4 Å². The highest BCUT2D eigenvalue weighted by atomic mass is 32.2. The van der Waals surface area contributed by atoms with Crippen molar-refractivity contribution in [3.8, 4) is 0 Å². The van der Waals surface area contributed by atoms with Gasteiger partial charge >= 0.3 is 0 Å². The first-order chi connectivity index (χ1) is 8.50. The van der Waals surface area contributed by atoms with Crippen molar-refractivity contribution in [3.63, 3.8) is 0 Å². The molecule has 2 rings (SSSR count). The Bertz CT molecular complexity index is 648. The molecule has 2 aromatic rings. The molecule has 5 nitrogen and oxygen atoms in total. The summed E-state index contributed by atoms with van der Waals surface area (Å²) in [6.07, 6.45) is 0.884. The molecule has 0 fully saturated rings. The minimum atomic E-state index is -3.63. The third-order valence-electron chi connectivity index (χ3n) is 2.46. The van der Waals surface area contributed by atoms with Crippen LogP contribution in [0.2, 0.25) is 0 Å². The molecule has 1 heterocycles. The van der Waals surface area contributed by atoms with Gasteiger partial charge in [-0.1, -0.05) is 6.07 Å². The van der Waals surface area contributed by atoms with Crippen LogP contribution in [0, 0.1) is 0 Å². The molecule has 0 saturated carbocycles. The largest absolute Gasteiger partial charge is 0.392 e. The average Bonchev–Trinajstić information content (AvgIpc) is 2.36. The van der Waals surface area contributed by atoms with E-state index >= 15 is 0 Å². The Morgan fingerprint density at radius 2 is 2.11 bits per heavy atom. The van der Waals surface area contributed by atoms with Crippen molar-refractivity contribution in [3.05, 3.63) is 36.5 Å². The standard InChI is InChI=1S/C12H14N2O3S/c1-9(15)8-14-18(16,17)12-6-2-5-11-10(12)4-3-7-13-11/h2-7,9,14-15H,8H2,1H3/t9-/m0/s1. The molecule has 1 atom stereocenters. The minimum Gasteiger partial charge on any atom is -0.392 e. The van der Waals surface area contributed by atoms with Crippen molar-refractivity contribution < 1.29 is 13.5 Å². The van der Waals surface area contributed by atoms with Gasteiger partial charge in [0.05, 0.1) is 16.5 Å². The Balaban J connectivity index is 2.47. The van der Waals surface area contributed by atoms with Crippen LogP contribution in [0.5, 0.6) is 0 Å². The SMILES string of the molecule is C[C@H](O)CNS(=O)(=O)c1cccc2ncccc12. The van der Waals surface area contributed by atoms with Crippen LogP contribution in [0.3, 0.4) is 0 Å². The normalized spacial score (nSPS) is 13.7. The number of benzene rings is 1. The highest BCUT2D eigenvalue weighted by molar-refractivity contribution is 7.89. The van der Waals surface area contributed by atoms with Gasteiger partial charge < -0.3 is 5.11 Å². The fourth-order valence-electron chi connectivity index (χ4n) is 1.62. The lowest BCUT2D eigenvalue weighted by Gasteiger charge is -2.10. The maximum Gasteiger partial charge on any atom is 0.241 e. The number of aromatic nitrogens is 1. The molecule has 18 heavy (non-hydrogen) atoms. The van der Waals surface area contributed by atoms with E-state index in [1.54, 1.807) is 30.5 Å². The molecule has 0 aliphatic rings. The summed E-state index contributed by atoms with van der Waals surface area (Å²) < 4.78 is 26.6. The van der Waals surface area contributed by atoms with Gasteiger partial charge in [-0.2, -0.15) is 0 Å². The molecule has 0 radical (unpaired) electrons. The summed E-state index contributed by atoms with van der Waals surface area (Å²) >= 11 is 0. The van der Waals surface area contributed by atoms with Crippen LogP contribution >= 0.6 is 0 Å². The monoisotopic (exact) mass is 266 g/mol. The number of aliphatic hydroxyl groups is 1. The quantitative estimate of drug-likeness (QED) is 0.861. The Hall–Kier alpha value is -1.50. The second-order valence-corrected chi connectivity index (χ2v) is 5.76. The maximum absolute atomic E-state index is 12.1. The number of aliphatic hydroxyl groups excluding tert-OH is 1. The van der Waals surface area contributed by atoms with E-state index in [0.29, 0.717) is 10.9 Å². The molecule has 0 aliphatic carbocycles. The number of rotatable bonds is 4. The second-order valence-electron chi connectivity index (χ2n) is 4.03. The van der Waals surface area contributed by atoms with Gasteiger partial charge in [-0.05, 0) is 31.2 Å².